The van der Waals surface area contributed by atoms with Gasteiger partial charge in [-0.2, -0.15) is 0 Å². The Morgan fingerprint density at radius 3 is 2.78 bits per heavy atom. The van der Waals surface area contributed by atoms with Crippen molar-refractivity contribution in [2.45, 2.75) is 39.3 Å². The minimum absolute atomic E-state index is 0.0340. The second-order valence-corrected chi connectivity index (χ2v) is 8.94. The summed E-state index contributed by atoms with van der Waals surface area (Å²) < 4.78 is 15.9. The third kappa shape index (κ3) is 8.10. The number of thiophene rings is 1. The Balaban J connectivity index is 1.86. The van der Waals surface area contributed by atoms with Gasteiger partial charge in [-0.15, -0.1) is 11.3 Å². The lowest BCUT2D eigenvalue weighted by molar-refractivity contribution is -0.137. The second-order valence-electron chi connectivity index (χ2n) is 6.64. The topological polar surface area (TPSA) is 145 Å². The fourth-order valence-electron chi connectivity index (χ4n) is 3.00. The summed E-state index contributed by atoms with van der Waals surface area (Å²) in [6, 6.07) is 3.14. The van der Waals surface area contributed by atoms with Gasteiger partial charge in [-0.1, -0.05) is 5.16 Å². The first kappa shape index (κ1) is 26.1. The predicted octanol–water partition coefficient (Wildman–Crippen LogP) is 1.08. The molecule has 0 saturated carbocycles. The number of carbonyl (C=O) groups is 3. The average Bonchev–Trinajstić information content (AvgIpc) is 3.46. The summed E-state index contributed by atoms with van der Waals surface area (Å²) in [4.78, 5) is 38.4. The standard InChI is InChI=1S/C19H30N5O6PS/c1-3-28-31(29-4-2)30-23-18(20)16-8-7-14(32-16)12-22-19(27)15-6-5-10-24(15)17(26)13-21-9-11-25/h7-8,11,15,21H,3-6,9-10,12-13H2,1-2H3,(H2,20,23)(H,22,27). The molecule has 2 amide bonds. The molecule has 0 aliphatic carbocycles. The van der Waals surface area contributed by atoms with Crippen LogP contribution in [0.3, 0.4) is 0 Å². The maximum absolute atomic E-state index is 12.6. The average molecular weight is 488 g/mol. The normalized spacial score (nSPS) is 16.4. The van der Waals surface area contributed by atoms with Crippen LogP contribution >= 0.6 is 19.9 Å². The molecule has 1 unspecified atom stereocenters. The van der Waals surface area contributed by atoms with Gasteiger partial charge in [0.2, 0.25) is 11.8 Å². The highest BCUT2D eigenvalue weighted by Gasteiger charge is 2.33. The molecular formula is C19H30N5O6PS. The highest BCUT2D eigenvalue weighted by molar-refractivity contribution is 7.41. The van der Waals surface area contributed by atoms with Gasteiger partial charge in [-0.05, 0) is 38.8 Å². The molecule has 0 bridgehead atoms. The Bertz CT molecular complexity index is 786. The molecule has 0 spiro atoms. The first-order chi connectivity index (χ1) is 15.5. The van der Waals surface area contributed by atoms with E-state index in [9.17, 15) is 14.4 Å². The lowest BCUT2D eigenvalue weighted by Crippen LogP contribution is -2.48. The summed E-state index contributed by atoms with van der Waals surface area (Å²) >= 11 is 1.38. The van der Waals surface area contributed by atoms with E-state index in [2.05, 4.69) is 15.8 Å². The molecule has 0 aromatic carbocycles. The van der Waals surface area contributed by atoms with Gasteiger partial charge in [0.15, 0.2) is 5.84 Å². The third-order valence-electron chi connectivity index (χ3n) is 4.41. The molecule has 1 aromatic heterocycles. The molecule has 1 aliphatic rings. The van der Waals surface area contributed by atoms with E-state index in [-0.39, 0.29) is 30.7 Å². The minimum atomic E-state index is -1.59. The number of amidine groups is 1. The Kier molecular flexibility index (Phi) is 11.5. The van der Waals surface area contributed by atoms with Crippen molar-refractivity contribution in [1.29, 1.82) is 0 Å². The van der Waals surface area contributed by atoms with Crippen LogP contribution in [-0.4, -0.2) is 67.7 Å². The van der Waals surface area contributed by atoms with Crippen LogP contribution in [0.1, 0.15) is 36.4 Å². The van der Waals surface area contributed by atoms with Crippen LogP contribution in [0.2, 0.25) is 0 Å². The SMILES string of the molecule is CCOP(OCC)O/N=C(\N)c1ccc(CNC(=O)C2CCCN2C(=O)CNCC=O)s1. The van der Waals surface area contributed by atoms with Crippen LogP contribution in [0, 0.1) is 0 Å². The first-order valence-electron chi connectivity index (χ1n) is 10.4. The summed E-state index contributed by atoms with van der Waals surface area (Å²) in [5, 5.41) is 9.51. The lowest BCUT2D eigenvalue weighted by Gasteiger charge is -2.24. The molecule has 11 nitrogen and oxygen atoms in total. The van der Waals surface area contributed by atoms with Crippen molar-refractivity contribution >= 4 is 43.9 Å². The molecule has 32 heavy (non-hydrogen) atoms. The summed E-state index contributed by atoms with van der Waals surface area (Å²) in [5.41, 5.74) is 5.98. The van der Waals surface area contributed by atoms with Crippen molar-refractivity contribution in [3.8, 4) is 0 Å². The van der Waals surface area contributed by atoms with E-state index in [1.807, 2.05) is 19.9 Å². The molecule has 2 rings (SSSR count). The summed E-state index contributed by atoms with van der Waals surface area (Å²) in [7, 11) is -1.59. The van der Waals surface area contributed by atoms with Crippen LogP contribution in [-0.2, 0) is 34.6 Å². The predicted molar refractivity (Wildman–Crippen MR) is 122 cm³/mol. The number of nitrogens with two attached hydrogens (primary N) is 1. The van der Waals surface area contributed by atoms with Crippen molar-refractivity contribution in [2.24, 2.45) is 10.9 Å². The van der Waals surface area contributed by atoms with Gasteiger partial charge >= 0.3 is 8.60 Å². The van der Waals surface area contributed by atoms with Gasteiger partial charge in [0, 0.05) is 11.4 Å². The monoisotopic (exact) mass is 487 g/mol. The Hall–Kier alpha value is -2.11. The number of carbonyl (C=O) groups excluding carboxylic acids is 3. The number of rotatable bonds is 14. The van der Waals surface area contributed by atoms with Gasteiger partial charge in [0.1, 0.15) is 12.3 Å². The molecule has 2 heterocycles. The van der Waals surface area contributed by atoms with Gasteiger partial charge < -0.3 is 39.7 Å². The lowest BCUT2D eigenvalue weighted by atomic mass is 10.2. The molecule has 1 fully saturated rings. The maximum Gasteiger partial charge on any atom is 0.419 e. The summed E-state index contributed by atoms with van der Waals surface area (Å²) in [6.45, 7) is 5.50. The quantitative estimate of drug-likeness (QED) is 0.0883. The third-order valence-corrected chi connectivity index (χ3v) is 6.67. The number of aldehydes is 1. The Labute approximate surface area is 192 Å². The van der Waals surface area contributed by atoms with E-state index in [0.29, 0.717) is 43.9 Å². The van der Waals surface area contributed by atoms with Gasteiger partial charge in [0.25, 0.3) is 0 Å². The number of nitrogens with one attached hydrogen (secondary N) is 2. The number of oxime groups is 1. The zero-order chi connectivity index (χ0) is 23.3. The molecule has 0 radical (unpaired) electrons. The molecule has 13 heteroatoms. The van der Waals surface area contributed by atoms with E-state index in [4.69, 9.17) is 19.4 Å². The molecular weight excluding hydrogens is 457 g/mol. The van der Waals surface area contributed by atoms with E-state index >= 15 is 0 Å². The summed E-state index contributed by atoms with van der Waals surface area (Å²) in [6.07, 6.45) is 2.07. The van der Waals surface area contributed by atoms with Crippen LogP contribution in [0.15, 0.2) is 17.3 Å². The van der Waals surface area contributed by atoms with Crippen LogP contribution in [0.5, 0.6) is 0 Å². The second kappa shape index (κ2) is 14.1. The zero-order valence-electron chi connectivity index (χ0n) is 18.2. The van der Waals surface area contributed by atoms with Gasteiger partial charge in [-0.25, -0.2) is 0 Å². The van der Waals surface area contributed by atoms with Crippen molar-refractivity contribution in [3.05, 3.63) is 21.9 Å². The number of likely N-dealkylation sites (tertiary alicyclic amines) is 1. The number of hydrogen-bond acceptors (Lipinski definition) is 9. The molecule has 178 valence electrons. The van der Waals surface area contributed by atoms with Crippen molar-refractivity contribution < 1.29 is 28.1 Å². The van der Waals surface area contributed by atoms with Crippen LogP contribution < -0.4 is 16.4 Å². The van der Waals surface area contributed by atoms with Gasteiger partial charge in [0.05, 0.1) is 37.7 Å². The van der Waals surface area contributed by atoms with E-state index in [1.54, 1.807) is 11.0 Å². The maximum atomic E-state index is 12.6. The van der Waals surface area contributed by atoms with E-state index in [1.165, 1.54) is 11.3 Å². The van der Waals surface area contributed by atoms with Crippen LogP contribution in [0.25, 0.3) is 0 Å². The van der Waals surface area contributed by atoms with E-state index in [0.717, 1.165) is 11.3 Å². The zero-order valence-corrected chi connectivity index (χ0v) is 20.0. The van der Waals surface area contributed by atoms with Crippen molar-refractivity contribution in [1.82, 2.24) is 15.5 Å². The Morgan fingerprint density at radius 2 is 2.09 bits per heavy atom. The first-order valence-corrected chi connectivity index (χ1v) is 12.3. The minimum Gasteiger partial charge on any atom is -0.380 e. The molecule has 4 N–H and O–H groups in total. The molecule has 1 aromatic rings. The summed E-state index contributed by atoms with van der Waals surface area (Å²) in [5.74, 6) is -0.203. The smallest absolute Gasteiger partial charge is 0.380 e. The Morgan fingerprint density at radius 1 is 1.34 bits per heavy atom. The largest absolute Gasteiger partial charge is 0.419 e. The van der Waals surface area contributed by atoms with Crippen molar-refractivity contribution in [2.75, 3.05) is 32.8 Å². The van der Waals surface area contributed by atoms with E-state index < -0.39 is 14.6 Å². The molecule has 1 saturated heterocycles. The molecule has 1 atom stereocenters. The van der Waals surface area contributed by atoms with Gasteiger partial charge in [-0.3, -0.25) is 9.59 Å². The van der Waals surface area contributed by atoms with Crippen LogP contribution in [0.4, 0.5) is 0 Å². The fourth-order valence-corrected chi connectivity index (χ4v) is 4.58. The highest BCUT2D eigenvalue weighted by Crippen LogP contribution is 2.39. The number of nitrogens with zero attached hydrogens (tertiary/aromatic N) is 2. The fraction of sp³-hybridized carbons (Fsp3) is 0.579. The van der Waals surface area contributed by atoms with Crippen molar-refractivity contribution in [3.63, 3.8) is 0 Å². The highest BCUT2D eigenvalue weighted by atomic mass is 32.1. The number of hydrogen-bond donors (Lipinski definition) is 3. The molecule has 1 aliphatic heterocycles. The number of amides is 2.